The average molecular weight is 1150 g/mol. The largest absolute Gasteiger partial charge is 0.309 e. The van der Waals surface area contributed by atoms with Crippen LogP contribution in [-0.2, 0) is 0 Å². The molecule has 0 N–H and O–H groups in total. The monoisotopic (exact) mass is 1150 g/mol. The van der Waals surface area contributed by atoms with Gasteiger partial charge in [0, 0.05) is 86.0 Å². The maximum atomic E-state index is 2.46. The molecule has 89 heavy (non-hydrogen) atoms. The van der Waals surface area contributed by atoms with Crippen LogP contribution in [0.3, 0.4) is 0 Å². The van der Waals surface area contributed by atoms with E-state index in [1.54, 1.807) is 0 Å². The van der Waals surface area contributed by atoms with E-state index in [9.17, 15) is 0 Å². The van der Waals surface area contributed by atoms with Gasteiger partial charge in [-0.25, -0.2) is 0 Å². The summed E-state index contributed by atoms with van der Waals surface area (Å²) in [5.41, 5.74) is 21.8. The quantitative estimate of drug-likeness (QED) is 0.152. The fourth-order valence-electron chi connectivity index (χ4n) is 14.2. The van der Waals surface area contributed by atoms with Crippen LogP contribution >= 0.6 is 11.3 Å². The highest BCUT2D eigenvalue weighted by Crippen LogP contribution is 2.44. The van der Waals surface area contributed by atoms with Gasteiger partial charge in [0.1, 0.15) is 0 Å². The minimum atomic E-state index is 1.16. The SMILES string of the molecule is c1ccc(-c2ccc(-n3c4ccccc4c4c3ccc3c5ccccc5n(-c5ccc(-c6ccccc6)cc5)c34)cc2)cc1.c1ccc(-n2c3ccccc3c3cc(-c4ccc5c(c4)c4ccccc4n5-c4ccc5c(c4)sc4ccccc45)ccc32)cc1. The van der Waals surface area contributed by atoms with Crippen LogP contribution in [0.2, 0.25) is 0 Å². The van der Waals surface area contributed by atoms with Crippen molar-refractivity contribution in [3.8, 4) is 56.1 Å². The Morgan fingerprint density at radius 2 is 0.528 bits per heavy atom. The van der Waals surface area contributed by atoms with Crippen LogP contribution in [0.4, 0.5) is 0 Å². The molecule has 0 fully saturated rings. The summed E-state index contributed by atoms with van der Waals surface area (Å²) in [6.07, 6.45) is 0. The molecule has 0 spiro atoms. The van der Waals surface area contributed by atoms with Crippen molar-refractivity contribution in [2.24, 2.45) is 0 Å². The number of benzene rings is 14. The van der Waals surface area contributed by atoms with Gasteiger partial charge in [-0.15, -0.1) is 11.3 Å². The van der Waals surface area contributed by atoms with Gasteiger partial charge < -0.3 is 18.3 Å². The number of hydrogen-bond donors (Lipinski definition) is 0. The molecule has 0 aliphatic carbocycles. The average Bonchev–Trinajstić information content (AvgIpc) is 1.60. The Kier molecular flexibility index (Phi) is 11.8. The van der Waals surface area contributed by atoms with E-state index in [4.69, 9.17) is 0 Å². The Bertz CT molecular complexity index is 5940. The van der Waals surface area contributed by atoms with Crippen LogP contribution in [0.15, 0.2) is 328 Å². The van der Waals surface area contributed by atoms with Crippen LogP contribution < -0.4 is 0 Å². The van der Waals surface area contributed by atoms with Crippen molar-refractivity contribution in [3.05, 3.63) is 328 Å². The molecule has 0 amide bonds. The molecule has 5 heteroatoms. The molecule has 0 bridgehead atoms. The van der Waals surface area contributed by atoms with E-state index in [-0.39, 0.29) is 0 Å². The fourth-order valence-corrected chi connectivity index (χ4v) is 15.4. The highest BCUT2D eigenvalue weighted by molar-refractivity contribution is 7.25. The molecular formula is C84H54N4S. The zero-order valence-corrected chi connectivity index (χ0v) is 49.2. The predicted octanol–water partition coefficient (Wildman–Crippen LogP) is 23.1. The Morgan fingerprint density at radius 1 is 0.180 bits per heavy atom. The topological polar surface area (TPSA) is 19.7 Å². The van der Waals surface area contributed by atoms with Crippen LogP contribution in [0.1, 0.15) is 0 Å². The van der Waals surface area contributed by atoms with Gasteiger partial charge in [-0.2, -0.15) is 0 Å². The first kappa shape index (κ1) is 50.8. The lowest BCUT2D eigenvalue weighted by Crippen LogP contribution is -1.95. The van der Waals surface area contributed by atoms with Gasteiger partial charge in [0.25, 0.3) is 0 Å². The van der Waals surface area contributed by atoms with Gasteiger partial charge in [0.15, 0.2) is 0 Å². The maximum Gasteiger partial charge on any atom is 0.0641 e. The highest BCUT2D eigenvalue weighted by atomic mass is 32.1. The lowest BCUT2D eigenvalue weighted by atomic mass is 10.0. The molecule has 19 rings (SSSR count). The van der Waals surface area contributed by atoms with Crippen LogP contribution in [-0.4, -0.2) is 18.3 Å². The van der Waals surface area contributed by atoms with Gasteiger partial charge in [-0.05, 0) is 143 Å². The molecule has 0 unspecified atom stereocenters. The lowest BCUT2D eigenvalue weighted by molar-refractivity contribution is 1.17. The smallest absolute Gasteiger partial charge is 0.0641 e. The number of rotatable bonds is 7. The van der Waals surface area contributed by atoms with Crippen LogP contribution in [0, 0.1) is 0 Å². The van der Waals surface area contributed by atoms with Crippen LogP contribution in [0.25, 0.3) is 164 Å². The summed E-state index contributed by atoms with van der Waals surface area (Å²) >= 11 is 1.87. The number of fused-ring (bicyclic) bond motifs is 16. The van der Waals surface area contributed by atoms with Gasteiger partial charge in [-0.1, -0.05) is 218 Å². The molecule has 0 radical (unpaired) electrons. The number of hydrogen-bond acceptors (Lipinski definition) is 1. The van der Waals surface area contributed by atoms with E-state index in [2.05, 4.69) is 346 Å². The lowest BCUT2D eigenvalue weighted by Gasteiger charge is -2.11. The van der Waals surface area contributed by atoms with Crippen molar-refractivity contribution in [1.82, 2.24) is 18.3 Å². The minimum absolute atomic E-state index is 1.16. The van der Waals surface area contributed by atoms with E-state index in [1.807, 2.05) is 11.3 Å². The molecule has 0 saturated carbocycles. The summed E-state index contributed by atoms with van der Waals surface area (Å²) in [6, 6.07) is 119. The van der Waals surface area contributed by atoms with Crippen molar-refractivity contribution < 1.29 is 0 Å². The van der Waals surface area contributed by atoms with E-state index in [1.165, 1.54) is 152 Å². The minimum Gasteiger partial charge on any atom is -0.309 e. The van der Waals surface area contributed by atoms with E-state index < -0.39 is 0 Å². The fraction of sp³-hybridized carbons (Fsp3) is 0. The van der Waals surface area contributed by atoms with Crippen molar-refractivity contribution in [3.63, 3.8) is 0 Å². The highest BCUT2D eigenvalue weighted by Gasteiger charge is 2.22. The maximum absolute atomic E-state index is 2.46. The second-order valence-electron chi connectivity index (χ2n) is 23.2. The summed E-state index contributed by atoms with van der Waals surface area (Å²) in [5.74, 6) is 0. The van der Waals surface area contributed by atoms with Gasteiger partial charge in [0.05, 0.1) is 44.1 Å². The third-order valence-electron chi connectivity index (χ3n) is 18.2. The van der Waals surface area contributed by atoms with Crippen molar-refractivity contribution in [2.45, 2.75) is 0 Å². The molecule has 0 aliphatic heterocycles. The second-order valence-corrected chi connectivity index (χ2v) is 24.3. The molecule has 14 aromatic carbocycles. The Labute approximate surface area is 517 Å². The third-order valence-corrected chi connectivity index (χ3v) is 19.4. The summed E-state index contributed by atoms with van der Waals surface area (Å²) < 4.78 is 12.3. The van der Waals surface area contributed by atoms with Gasteiger partial charge in [-0.3, -0.25) is 0 Å². The third kappa shape index (κ3) is 8.20. The predicted molar refractivity (Wildman–Crippen MR) is 379 cm³/mol. The zero-order valence-electron chi connectivity index (χ0n) is 48.4. The molecule has 19 aromatic rings. The van der Waals surface area contributed by atoms with Gasteiger partial charge >= 0.3 is 0 Å². The normalized spacial score (nSPS) is 11.8. The Morgan fingerprint density at radius 3 is 1.10 bits per heavy atom. The number of aromatic nitrogens is 4. The first-order chi connectivity index (χ1) is 44.2. The molecule has 5 aromatic heterocycles. The number of thiophene rings is 1. The number of nitrogens with zero attached hydrogens (tertiary/aromatic N) is 4. The van der Waals surface area contributed by atoms with Crippen molar-refractivity contribution >= 4 is 119 Å². The summed E-state index contributed by atoms with van der Waals surface area (Å²) in [5, 5.41) is 12.8. The second kappa shape index (κ2) is 20.6. The standard InChI is InChI=1S/C42H26N2S.C42H28N2/c1-2-10-29(11-3-1)43-37-15-7-4-12-31(37)35-24-27(18-22-39(35)43)28-19-23-40-36(25-28)32-13-5-8-16-38(32)44(40)30-20-21-34-33-14-6-9-17-41(33)45-42(34)26-30;1-3-11-29(12-4-1)31-19-23-33(24-20-31)43-39-18-10-8-16-37(39)41-40(43)28-27-36-35-15-7-9-17-38(35)44(42(36)41)34-25-21-32(22-26-34)30-13-5-2-6-14-30/h1-26H;1-28H. The first-order valence-electron chi connectivity index (χ1n) is 30.5. The summed E-state index contributed by atoms with van der Waals surface area (Å²) in [4.78, 5) is 0. The van der Waals surface area contributed by atoms with E-state index in [0.717, 1.165) is 11.4 Å². The Balaban J connectivity index is 0.000000133. The van der Waals surface area contributed by atoms with Crippen LogP contribution in [0.5, 0.6) is 0 Å². The molecule has 5 heterocycles. The molecule has 0 saturated heterocycles. The van der Waals surface area contributed by atoms with E-state index >= 15 is 0 Å². The molecule has 4 nitrogen and oxygen atoms in total. The zero-order chi connectivity index (χ0) is 58.5. The summed E-state index contributed by atoms with van der Waals surface area (Å²) in [7, 11) is 0. The van der Waals surface area contributed by atoms with Crippen molar-refractivity contribution in [2.75, 3.05) is 0 Å². The van der Waals surface area contributed by atoms with Gasteiger partial charge in [0.2, 0.25) is 0 Å². The number of para-hydroxylation sites is 5. The van der Waals surface area contributed by atoms with E-state index in [0.29, 0.717) is 0 Å². The Hall–Kier alpha value is -11.5. The molecular weight excluding hydrogens is 1100 g/mol. The molecule has 0 aliphatic rings. The molecule has 0 atom stereocenters. The van der Waals surface area contributed by atoms with Crippen molar-refractivity contribution in [1.29, 1.82) is 0 Å². The first-order valence-corrected chi connectivity index (χ1v) is 31.3. The molecule has 416 valence electrons. The summed E-state index contributed by atoms with van der Waals surface area (Å²) in [6.45, 7) is 0.